The lowest BCUT2D eigenvalue weighted by atomic mass is 10.2. The van der Waals surface area contributed by atoms with Crippen LogP contribution in [-0.2, 0) is 16.6 Å². The second-order valence-electron chi connectivity index (χ2n) is 6.56. The summed E-state index contributed by atoms with van der Waals surface area (Å²) in [7, 11) is -2.55. The average molecular weight is 441 g/mol. The number of sulfonamides is 1. The highest BCUT2D eigenvalue weighted by Crippen LogP contribution is 2.27. The molecule has 8 heteroatoms. The van der Waals surface area contributed by atoms with Crippen LogP contribution in [0, 0.1) is 0 Å². The molecule has 3 aromatic rings. The van der Waals surface area contributed by atoms with Gasteiger partial charge in [-0.3, -0.25) is 4.79 Å². The van der Waals surface area contributed by atoms with E-state index < -0.39 is 15.9 Å². The maximum atomic E-state index is 12.9. The summed E-state index contributed by atoms with van der Waals surface area (Å²) < 4.78 is 39.1. The molecule has 7 nitrogen and oxygen atoms in total. The summed E-state index contributed by atoms with van der Waals surface area (Å²) in [5.41, 5.74) is 1.48. The van der Waals surface area contributed by atoms with Crippen molar-refractivity contribution in [2.24, 2.45) is 0 Å². The van der Waals surface area contributed by atoms with Crippen LogP contribution in [0.25, 0.3) is 0 Å². The number of hydrogen-bond donors (Lipinski definition) is 2. The van der Waals surface area contributed by atoms with Gasteiger partial charge in [-0.05, 0) is 42.8 Å². The van der Waals surface area contributed by atoms with E-state index in [1.807, 2.05) is 37.3 Å². The Balaban J connectivity index is 1.85. The van der Waals surface area contributed by atoms with Gasteiger partial charge < -0.3 is 14.8 Å². The molecule has 0 unspecified atom stereocenters. The molecule has 0 saturated heterocycles. The topological polar surface area (TPSA) is 93.7 Å². The third-order valence-electron chi connectivity index (χ3n) is 4.46. The van der Waals surface area contributed by atoms with Crippen molar-refractivity contribution in [2.75, 3.05) is 19.0 Å². The summed E-state index contributed by atoms with van der Waals surface area (Å²) in [6.07, 6.45) is 0. The van der Waals surface area contributed by atoms with Crippen LogP contribution in [0.5, 0.6) is 11.5 Å². The van der Waals surface area contributed by atoms with Gasteiger partial charge in [-0.2, -0.15) is 0 Å². The van der Waals surface area contributed by atoms with Gasteiger partial charge in [0.2, 0.25) is 10.0 Å². The van der Waals surface area contributed by atoms with Gasteiger partial charge in [-0.25, -0.2) is 13.1 Å². The number of benzene rings is 3. The van der Waals surface area contributed by atoms with E-state index in [0.29, 0.717) is 18.0 Å². The Labute approximate surface area is 182 Å². The smallest absolute Gasteiger partial charge is 0.255 e. The number of nitrogens with one attached hydrogen (secondary N) is 2. The first-order valence-electron chi connectivity index (χ1n) is 9.69. The second-order valence-corrected chi connectivity index (χ2v) is 8.29. The first-order valence-corrected chi connectivity index (χ1v) is 11.2. The predicted octanol–water partition coefficient (Wildman–Crippen LogP) is 3.82. The number of methoxy groups -OCH3 is 1. The number of rotatable bonds is 9. The molecule has 0 radical (unpaired) electrons. The van der Waals surface area contributed by atoms with E-state index in [9.17, 15) is 13.2 Å². The van der Waals surface area contributed by atoms with Crippen LogP contribution in [0.3, 0.4) is 0 Å². The molecule has 0 spiro atoms. The van der Waals surface area contributed by atoms with E-state index in [4.69, 9.17) is 9.47 Å². The van der Waals surface area contributed by atoms with Gasteiger partial charge in [0.25, 0.3) is 5.91 Å². The van der Waals surface area contributed by atoms with Crippen molar-refractivity contribution in [3.8, 4) is 11.5 Å². The van der Waals surface area contributed by atoms with Crippen LogP contribution in [0.2, 0.25) is 0 Å². The molecule has 2 N–H and O–H groups in total. The highest BCUT2D eigenvalue weighted by atomic mass is 32.2. The number of anilines is 1. The summed E-state index contributed by atoms with van der Waals surface area (Å²) in [6.45, 7) is 2.41. The van der Waals surface area contributed by atoms with Crippen molar-refractivity contribution < 1.29 is 22.7 Å². The van der Waals surface area contributed by atoms with E-state index in [1.165, 1.54) is 25.3 Å². The number of ether oxygens (including phenoxy) is 2. The van der Waals surface area contributed by atoms with Gasteiger partial charge in [0, 0.05) is 12.1 Å². The van der Waals surface area contributed by atoms with Crippen LogP contribution in [0.4, 0.5) is 5.69 Å². The van der Waals surface area contributed by atoms with Crippen LogP contribution >= 0.6 is 0 Å². The average Bonchev–Trinajstić information content (AvgIpc) is 2.79. The number of hydrogen-bond acceptors (Lipinski definition) is 5. The lowest BCUT2D eigenvalue weighted by Crippen LogP contribution is -2.24. The van der Waals surface area contributed by atoms with Gasteiger partial charge in [0.15, 0.2) is 0 Å². The van der Waals surface area contributed by atoms with Gasteiger partial charge in [-0.1, -0.05) is 42.5 Å². The first-order chi connectivity index (χ1) is 14.9. The maximum absolute atomic E-state index is 12.9. The van der Waals surface area contributed by atoms with E-state index in [-0.39, 0.29) is 22.8 Å². The molecule has 0 aliphatic rings. The van der Waals surface area contributed by atoms with E-state index in [1.54, 1.807) is 24.3 Å². The van der Waals surface area contributed by atoms with Crippen molar-refractivity contribution in [1.29, 1.82) is 0 Å². The standard InChI is InChI=1S/C23H24N2O5S/c1-3-30-20-12-8-7-11-19(20)25-23(26)18-13-14-21(29-2)22(15-18)31(27,28)24-16-17-9-5-4-6-10-17/h4-15,24H,3,16H2,1-2H3,(H,25,26). The fourth-order valence-corrected chi connectivity index (χ4v) is 4.14. The molecule has 3 aromatic carbocycles. The van der Waals surface area contributed by atoms with E-state index in [0.717, 1.165) is 5.56 Å². The molecule has 31 heavy (non-hydrogen) atoms. The summed E-state index contributed by atoms with van der Waals surface area (Å²) in [6, 6.07) is 20.4. The first kappa shape index (κ1) is 22.3. The Kier molecular flexibility index (Phi) is 7.28. The van der Waals surface area contributed by atoms with E-state index >= 15 is 0 Å². The Bertz CT molecular complexity index is 1150. The van der Waals surface area contributed by atoms with Crippen molar-refractivity contribution >= 4 is 21.6 Å². The molecule has 0 aromatic heterocycles. The highest BCUT2D eigenvalue weighted by molar-refractivity contribution is 7.89. The zero-order valence-corrected chi connectivity index (χ0v) is 18.1. The Morgan fingerprint density at radius 3 is 2.35 bits per heavy atom. The van der Waals surface area contributed by atoms with Gasteiger partial charge in [0.05, 0.1) is 19.4 Å². The molecule has 162 valence electrons. The number of carbonyl (C=O) groups excluding carboxylic acids is 1. The molecule has 0 bridgehead atoms. The number of carbonyl (C=O) groups is 1. The quantitative estimate of drug-likeness (QED) is 0.528. The maximum Gasteiger partial charge on any atom is 0.255 e. The van der Waals surface area contributed by atoms with Crippen molar-refractivity contribution in [2.45, 2.75) is 18.4 Å². The largest absolute Gasteiger partial charge is 0.495 e. The van der Waals surface area contributed by atoms with Crippen molar-refractivity contribution in [1.82, 2.24) is 4.72 Å². The lowest BCUT2D eigenvalue weighted by Gasteiger charge is -2.14. The third-order valence-corrected chi connectivity index (χ3v) is 5.88. The summed E-state index contributed by atoms with van der Waals surface area (Å²) in [5.74, 6) is 0.213. The fraction of sp³-hybridized carbons (Fsp3) is 0.174. The van der Waals surface area contributed by atoms with Crippen molar-refractivity contribution in [3.63, 3.8) is 0 Å². The minimum absolute atomic E-state index is 0.114. The molecule has 0 aliphatic heterocycles. The lowest BCUT2D eigenvalue weighted by molar-refractivity contribution is 0.102. The zero-order chi connectivity index (χ0) is 22.3. The Morgan fingerprint density at radius 2 is 1.65 bits per heavy atom. The van der Waals surface area contributed by atoms with Gasteiger partial charge in [-0.15, -0.1) is 0 Å². The monoisotopic (exact) mass is 440 g/mol. The molecule has 0 aliphatic carbocycles. The number of para-hydroxylation sites is 2. The van der Waals surface area contributed by atoms with Gasteiger partial charge >= 0.3 is 0 Å². The summed E-state index contributed by atoms with van der Waals surface area (Å²) >= 11 is 0. The second kappa shape index (κ2) is 10.1. The number of amides is 1. The molecule has 1 amide bonds. The van der Waals surface area contributed by atoms with Crippen LogP contribution in [0.15, 0.2) is 77.7 Å². The molecule has 0 atom stereocenters. The minimum Gasteiger partial charge on any atom is -0.495 e. The van der Waals surface area contributed by atoms with Crippen LogP contribution < -0.4 is 19.5 Å². The summed E-state index contributed by atoms with van der Waals surface area (Å²) in [4.78, 5) is 12.7. The van der Waals surface area contributed by atoms with Crippen LogP contribution in [0.1, 0.15) is 22.8 Å². The molecular formula is C23H24N2O5S. The molecule has 0 saturated carbocycles. The molecular weight excluding hydrogens is 416 g/mol. The Morgan fingerprint density at radius 1 is 0.935 bits per heavy atom. The minimum atomic E-state index is -3.93. The Hall–Kier alpha value is -3.36. The molecule has 0 heterocycles. The van der Waals surface area contributed by atoms with E-state index in [2.05, 4.69) is 10.0 Å². The summed E-state index contributed by atoms with van der Waals surface area (Å²) in [5, 5.41) is 2.77. The van der Waals surface area contributed by atoms with Crippen molar-refractivity contribution in [3.05, 3.63) is 83.9 Å². The normalized spacial score (nSPS) is 11.0. The zero-order valence-electron chi connectivity index (χ0n) is 17.3. The van der Waals surface area contributed by atoms with Crippen LogP contribution in [-0.4, -0.2) is 28.0 Å². The van der Waals surface area contributed by atoms with Gasteiger partial charge in [0.1, 0.15) is 16.4 Å². The predicted molar refractivity (Wildman–Crippen MR) is 119 cm³/mol. The highest BCUT2D eigenvalue weighted by Gasteiger charge is 2.22. The third kappa shape index (κ3) is 5.62. The molecule has 0 fully saturated rings. The SMILES string of the molecule is CCOc1ccccc1NC(=O)c1ccc(OC)c(S(=O)(=O)NCc2ccccc2)c1. The fourth-order valence-electron chi connectivity index (χ4n) is 2.93. The molecule has 3 rings (SSSR count).